The first kappa shape index (κ1) is 14.5. The summed E-state index contributed by atoms with van der Waals surface area (Å²) in [7, 11) is 0. The molecule has 1 amide bonds. The van der Waals surface area contributed by atoms with Crippen LogP contribution in [0.2, 0.25) is 0 Å². The van der Waals surface area contributed by atoms with E-state index in [2.05, 4.69) is 5.32 Å². The first-order chi connectivity index (χ1) is 9.21. The summed E-state index contributed by atoms with van der Waals surface area (Å²) in [6, 6.07) is 13.5. The molecule has 106 valence electrons. The van der Waals surface area contributed by atoms with Gasteiger partial charge in [-0.2, -0.15) is 0 Å². The summed E-state index contributed by atoms with van der Waals surface area (Å²) in [6.07, 6.45) is 0. The predicted octanol–water partition coefficient (Wildman–Crippen LogP) is 3.12. The molecule has 0 radical (unpaired) electrons. The first-order valence-electron chi connectivity index (χ1n) is 6.74. The Morgan fingerprint density at radius 2 is 1.60 bits per heavy atom. The Bertz CT molecular complexity index is 639. The van der Waals surface area contributed by atoms with E-state index in [1.807, 2.05) is 50.2 Å². The van der Waals surface area contributed by atoms with E-state index in [1.54, 1.807) is 19.9 Å². The molecule has 0 atom stereocenters. The van der Waals surface area contributed by atoms with Crippen molar-refractivity contribution in [3.05, 3.63) is 48.0 Å². The van der Waals surface area contributed by atoms with Crippen LogP contribution in [0.5, 0.6) is 0 Å². The zero-order valence-corrected chi connectivity index (χ0v) is 12.4. The van der Waals surface area contributed by atoms with E-state index in [-0.39, 0.29) is 5.91 Å². The fraction of sp³-hybridized carbons (Fsp3) is 0.353. The standard InChI is InChI=1S/C17H21NO2/c1-16(2,17(3,4)20)18-15(19)14-10-9-12-7-5-6-8-13(12)11-14/h5-11,20H,1-4H3,(H,18,19). The molecule has 0 bridgehead atoms. The summed E-state index contributed by atoms with van der Waals surface area (Å²) in [5, 5.41) is 15.1. The summed E-state index contributed by atoms with van der Waals surface area (Å²) >= 11 is 0. The highest BCUT2D eigenvalue weighted by Gasteiger charge is 2.36. The molecule has 0 spiro atoms. The highest BCUT2D eigenvalue weighted by molar-refractivity contribution is 5.98. The molecule has 2 aromatic rings. The van der Waals surface area contributed by atoms with Crippen LogP contribution < -0.4 is 5.32 Å². The summed E-state index contributed by atoms with van der Waals surface area (Å²) in [4.78, 5) is 12.3. The number of carbonyl (C=O) groups excluding carboxylic acids is 1. The van der Waals surface area contributed by atoms with Gasteiger partial charge in [0.05, 0.1) is 11.1 Å². The third-order valence-corrected chi connectivity index (χ3v) is 3.97. The van der Waals surface area contributed by atoms with Crippen molar-refractivity contribution in [2.75, 3.05) is 0 Å². The Kier molecular flexibility index (Phi) is 3.57. The van der Waals surface area contributed by atoms with E-state index >= 15 is 0 Å². The number of carbonyl (C=O) groups is 1. The van der Waals surface area contributed by atoms with Crippen molar-refractivity contribution in [2.24, 2.45) is 0 Å². The quantitative estimate of drug-likeness (QED) is 0.901. The molecule has 0 heterocycles. The maximum absolute atomic E-state index is 12.3. The first-order valence-corrected chi connectivity index (χ1v) is 6.74. The number of hydrogen-bond acceptors (Lipinski definition) is 2. The maximum atomic E-state index is 12.3. The van der Waals surface area contributed by atoms with Gasteiger partial charge in [-0.05, 0) is 50.6 Å². The molecule has 0 unspecified atom stereocenters. The molecular formula is C17H21NO2. The van der Waals surface area contributed by atoms with E-state index in [4.69, 9.17) is 0 Å². The van der Waals surface area contributed by atoms with Gasteiger partial charge in [0, 0.05) is 5.56 Å². The largest absolute Gasteiger partial charge is 0.388 e. The van der Waals surface area contributed by atoms with Crippen LogP contribution in [-0.4, -0.2) is 22.2 Å². The molecule has 0 aromatic heterocycles. The van der Waals surface area contributed by atoms with Gasteiger partial charge in [0.1, 0.15) is 0 Å². The van der Waals surface area contributed by atoms with Gasteiger partial charge < -0.3 is 10.4 Å². The molecule has 2 N–H and O–H groups in total. The lowest BCUT2D eigenvalue weighted by Crippen LogP contribution is -2.57. The lowest BCUT2D eigenvalue weighted by molar-refractivity contribution is -0.00292. The smallest absolute Gasteiger partial charge is 0.251 e. The molecule has 0 aliphatic carbocycles. The Morgan fingerprint density at radius 3 is 2.20 bits per heavy atom. The molecule has 0 fully saturated rings. The van der Waals surface area contributed by atoms with Crippen LogP contribution in [0.25, 0.3) is 10.8 Å². The monoisotopic (exact) mass is 271 g/mol. The average Bonchev–Trinajstić information content (AvgIpc) is 2.36. The van der Waals surface area contributed by atoms with E-state index in [0.717, 1.165) is 10.8 Å². The molecular weight excluding hydrogens is 250 g/mol. The highest BCUT2D eigenvalue weighted by Crippen LogP contribution is 2.22. The SMILES string of the molecule is CC(C)(O)C(C)(C)NC(=O)c1ccc2ccccc2c1. The minimum absolute atomic E-state index is 0.178. The number of aliphatic hydroxyl groups is 1. The lowest BCUT2D eigenvalue weighted by atomic mass is 9.85. The van der Waals surface area contributed by atoms with Gasteiger partial charge in [-0.1, -0.05) is 30.3 Å². The van der Waals surface area contributed by atoms with E-state index < -0.39 is 11.1 Å². The molecule has 3 nitrogen and oxygen atoms in total. The third-order valence-electron chi connectivity index (χ3n) is 3.97. The van der Waals surface area contributed by atoms with Gasteiger partial charge in [0.15, 0.2) is 0 Å². The van der Waals surface area contributed by atoms with Crippen molar-refractivity contribution in [3.63, 3.8) is 0 Å². The lowest BCUT2D eigenvalue weighted by Gasteiger charge is -2.38. The number of benzene rings is 2. The Hall–Kier alpha value is -1.87. The minimum Gasteiger partial charge on any atom is -0.388 e. The number of fused-ring (bicyclic) bond motifs is 1. The Morgan fingerprint density at radius 1 is 1.00 bits per heavy atom. The van der Waals surface area contributed by atoms with Gasteiger partial charge in [-0.25, -0.2) is 0 Å². The summed E-state index contributed by atoms with van der Waals surface area (Å²) < 4.78 is 0. The molecule has 2 aromatic carbocycles. The van der Waals surface area contributed by atoms with Gasteiger partial charge in [0.25, 0.3) is 5.91 Å². The van der Waals surface area contributed by atoms with Crippen LogP contribution in [-0.2, 0) is 0 Å². The van der Waals surface area contributed by atoms with Crippen molar-refractivity contribution >= 4 is 16.7 Å². The molecule has 3 heteroatoms. The molecule has 0 saturated heterocycles. The van der Waals surface area contributed by atoms with Gasteiger partial charge in [-0.3, -0.25) is 4.79 Å². The zero-order valence-electron chi connectivity index (χ0n) is 12.4. The Labute approximate surface area is 119 Å². The predicted molar refractivity (Wildman–Crippen MR) is 81.8 cm³/mol. The van der Waals surface area contributed by atoms with Crippen LogP contribution in [0.15, 0.2) is 42.5 Å². The van der Waals surface area contributed by atoms with Crippen molar-refractivity contribution in [2.45, 2.75) is 38.8 Å². The van der Waals surface area contributed by atoms with Crippen LogP contribution in [0.1, 0.15) is 38.1 Å². The van der Waals surface area contributed by atoms with Gasteiger partial charge in [-0.15, -0.1) is 0 Å². The van der Waals surface area contributed by atoms with E-state index in [1.165, 1.54) is 0 Å². The van der Waals surface area contributed by atoms with Crippen LogP contribution in [0.4, 0.5) is 0 Å². The third kappa shape index (κ3) is 2.83. The van der Waals surface area contributed by atoms with Crippen molar-refractivity contribution in [1.82, 2.24) is 5.32 Å². The molecule has 0 aliphatic rings. The summed E-state index contributed by atoms with van der Waals surface area (Å²) in [5.41, 5.74) is -1.11. The summed E-state index contributed by atoms with van der Waals surface area (Å²) in [5.74, 6) is -0.178. The second-order valence-electron chi connectivity index (χ2n) is 6.20. The number of nitrogens with one attached hydrogen (secondary N) is 1. The molecule has 20 heavy (non-hydrogen) atoms. The maximum Gasteiger partial charge on any atom is 0.251 e. The summed E-state index contributed by atoms with van der Waals surface area (Å²) in [6.45, 7) is 7.00. The molecule has 0 aliphatic heterocycles. The topological polar surface area (TPSA) is 49.3 Å². The highest BCUT2D eigenvalue weighted by atomic mass is 16.3. The van der Waals surface area contributed by atoms with Crippen LogP contribution in [0, 0.1) is 0 Å². The average molecular weight is 271 g/mol. The number of amides is 1. The van der Waals surface area contributed by atoms with Gasteiger partial charge in [0.2, 0.25) is 0 Å². The van der Waals surface area contributed by atoms with E-state index in [0.29, 0.717) is 5.56 Å². The molecule has 0 saturated carbocycles. The number of rotatable bonds is 3. The second kappa shape index (κ2) is 4.91. The van der Waals surface area contributed by atoms with E-state index in [9.17, 15) is 9.90 Å². The van der Waals surface area contributed by atoms with Crippen molar-refractivity contribution < 1.29 is 9.90 Å². The van der Waals surface area contributed by atoms with Gasteiger partial charge >= 0.3 is 0 Å². The minimum atomic E-state index is -1.00. The fourth-order valence-electron chi connectivity index (χ4n) is 1.84. The second-order valence-corrected chi connectivity index (χ2v) is 6.20. The zero-order chi connectivity index (χ0) is 15.0. The fourth-order valence-corrected chi connectivity index (χ4v) is 1.84. The van der Waals surface area contributed by atoms with Crippen molar-refractivity contribution in [1.29, 1.82) is 0 Å². The van der Waals surface area contributed by atoms with Crippen molar-refractivity contribution in [3.8, 4) is 0 Å². The van der Waals surface area contributed by atoms with Crippen LogP contribution in [0.3, 0.4) is 0 Å². The number of hydrogen-bond donors (Lipinski definition) is 2. The normalized spacial score (nSPS) is 12.4. The molecule has 2 rings (SSSR count). The van der Waals surface area contributed by atoms with Crippen LogP contribution >= 0.6 is 0 Å². The Balaban J connectivity index is 2.28.